The maximum atomic E-state index is 13.1. The van der Waals surface area contributed by atoms with Gasteiger partial charge in [0.1, 0.15) is 0 Å². The summed E-state index contributed by atoms with van der Waals surface area (Å²) in [7, 11) is 0. The molecule has 0 saturated carbocycles. The Kier molecular flexibility index (Phi) is 7.79. The molecule has 1 atom stereocenters. The lowest BCUT2D eigenvalue weighted by atomic mass is 10.0. The molecule has 2 rings (SSSR count). The number of likely N-dealkylation sites (N-methyl/N-ethyl adjacent to an activating group) is 1. The van der Waals surface area contributed by atoms with Gasteiger partial charge in [0.15, 0.2) is 11.8 Å². The lowest BCUT2D eigenvalue weighted by Gasteiger charge is -2.21. The van der Waals surface area contributed by atoms with E-state index in [1.165, 1.54) is 42.6 Å². The van der Waals surface area contributed by atoms with Crippen LogP contribution in [0.3, 0.4) is 0 Å². The first kappa shape index (κ1) is 22.0. The van der Waals surface area contributed by atoms with Crippen LogP contribution in [0.4, 0.5) is 5.69 Å². The molecule has 1 aromatic heterocycles. The summed E-state index contributed by atoms with van der Waals surface area (Å²) in [6, 6.07) is 7.95. The zero-order valence-corrected chi connectivity index (χ0v) is 16.4. The number of ketones is 1. The molecule has 2 aromatic rings. The van der Waals surface area contributed by atoms with Gasteiger partial charge >= 0.3 is 0 Å². The van der Waals surface area contributed by atoms with Crippen molar-refractivity contribution in [2.24, 2.45) is 0 Å². The van der Waals surface area contributed by atoms with Crippen LogP contribution in [0.1, 0.15) is 30.2 Å². The predicted molar refractivity (Wildman–Crippen MR) is 108 cm³/mol. The fraction of sp³-hybridized carbons (Fsp3) is 0.350. The highest BCUT2D eigenvalue weighted by molar-refractivity contribution is 6.12. The summed E-state index contributed by atoms with van der Waals surface area (Å²) >= 11 is 0. The Bertz CT molecular complexity index is 936. The van der Waals surface area contributed by atoms with Gasteiger partial charge in [-0.25, -0.2) is 0 Å². The fourth-order valence-corrected chi connectivity index (χ4v) is 2.93. The normalized spacial score (nSPS) is 11.8. The van der Waals surface area contributed by atoms with E-state index < -0.39 is 28.2 Å². The molecule has 0 spiro atoms. The molecular formula is C20H24N4O5. The molecule has 0 fully saturated rings. The van der Waals surface area contributed by atoms with E-state index in [4.69, 9.17) is 0 Å². The molecule has 0 radical (unpaired) electrons. The second-order valence-corrected chi connectivity index (χ2v) is 6.34. The molecule has 1 unspecified atom stereocenters. The van der Waals surface area contributed by atoms with Crippen LogP contribution in [0.25, 0.3) is 0 Å². The van der Waals surface area contributed by atoms with Gasteiger partial charge in [0.25, 0.3) is 17.2 Å². The van der Waals surface area contributed by atoms with Gasteiger partial charge in [-0.3, -0.25) is 29.1 Å². The van der Waals surface area contributed by atoms with Crippen molar-refractivity contribution in [3.63, 3.8) is 0 Å². The molecule has 0 aliphatic heterocycles. The molecular weight excluding hydrogens is 376 g/mol. The van der Waals surface area contributed by atoms with Crippen molar-refractivity contribution in [3.05, 3.63) is 74.7 Å². The number of aromatic nitrogens is 1. The number of Topliss-reactive ketones (excluding diaryl/α,β-unsaturated/α-hetero) is 1. The minimum atomic E-state index is -1.46. The SMILES string of the molecule is CCN(CC)CCNC(=O)C(C(=O)c1cccc([N+](=O)[O-])c1)n1ccccc1=O. The highest BCUT2D eigenvalue weighted by Gasteiger charge is 2.30. The Balaban J connectivity index is 2.33. The lowest BCUT2D eigenvalue weighted by Crippen LogP contribution is -2.43. The molecule has 1 amide bonds. The quantitative estimate of drug-likeness (QED) is 0.281. The predicted octanol–water partition coefficient (Wildman–Crippen LogP) is 1.64. The van der Waals surface area contributed by atoms with Crippen molar-refractivity contribution in [2.45, 2.75) is 19.9 Å². The van der Waals surface area contributed by atoms with Crippen LogP contribution in [0.15, 0.2) is 53.5 Å². The maximum Gasteiger partial charge on any atom is 0.270 e. The van der Waals surface area contributed by atoms with Crippen LogP contribution in [0.5, 0.6) is 0 Å². The smallest absolute Gasteiger partial charge is 0.270 e. The van der Waals surface area contributed by atoms with Gasteiger partial charge in [-0.15, -0.1) is 0 Å². The first-order valence-corrected chi connectivity index (χ1v) is 9.34. The Morgan fingerprint density at radius 1 is 1.17 bits per heavy atom. The van der Waals surface area contributed by atoms with Crippen molar-refractivity contribution in [1.82, 2.24) is 14.8 Å². The number of pyridine rings is 1. The van der Waals surface area contributed by atoms with E-state index in [0.717, 1.165) is 23.7 Å². The highest BCUT2D eigenvalue weighted by Crippen LogP contribution is 2.19. The average Bonchev–Trinajstić information content (AvgIpc) is 2.72. The Labute approximate surface area is 168 Å². The summed E-state index contributed by atoms with van der Waals surface area (Å²) in [4.78, 5) is 50.7. The first-order chi connectivity index (χ1) is 13.9. The third kappa shape index (κ3) is 5.58. The van der Waals surface area contributed by atoms with Crippen molar-refractivity contribution >= 4 is 17.4 Å². The number of rotatable bonds is 10. The Hall–Kier alpha value is -3.33. The number of nitrogens with zero attached hydrogens (tertiary/aromatic N) is 3. The van der Waals surface area contributed by atoms with Crippen LogP contribution in [0, 0.1) is 10.1 Å². The Morgan fingerprint density at radius 2 is 1.90 bits per heavy atom. The summed E-state index contributed by atoms with van der Waals surface area (Å²) in [5.41, 5.74) is -0.800. The largest absolute Gasteiger partial charge is 0.353 e. The number of hydrogen-bond acceptors (Lipinski definition) is 6. The summed E-state index contributed by atoms with van der Waals surface area (Å²) in [5, 5.41) is 13.7. The van der Waals surface area contributed by atoms with Crippen molar-refractivity contribution < 1.29 is 14.5 Å². The monoisotopic (exact) mass is 400 g/mol. The number of nitro groups is 1. The number of nitro benzene ring substituents is 1. The summed E-state index contributed by atoms with van der Waals surface area (Å²) < 4.78 is 1.04. The van der Waals surface area contributed by atoms with E-state index in [1.807, 2.05) is 13.8 Å². The second-order valence-electron chi connectivity index (χ2n) is 6.34. The van der Waals surface area contributed by atoms with E-state index in [2.05, 4.69) is 10.2 Å². The van der Waals surface area contributed by atoms with Crippen LogP contribution < -0.4 is 10.9 Å². The third-order valence-electron chi connectivity index (χ3n) is 4.59. The lowest BCUT2D eigenvalue weighted by molar-refractivity contribution is -0.384. The molecule has 0 aliphatic rings. The number of nitrogens with one attached hydrogen (secondary N) is 1. The van der Waals surface area contributed by atoms with Crippen LogP contribution in [-0.2, 0) is 4.79 Å². The topological polar surface area (TPSA) is 115 Å². The first-order valence-electron chi connectivity index (χ1n) is 9.34. The molecule has 154 valence electrons. The zero-order chi connectivity index (χ0) is 21.4. The molecule has 0 aliphatic carbocycles. The maximum absolute atomic E-state index is 13.1. The number of carbonyl (C=O) groups excluding carboxylic acids is 2. The van der Waals surface area contributed by atoms with Crippen molar-refractivity contribution in [1.29, 1.82) is 0 Å². The van der Waals surface area contributed by atoms with Gasteiger partial charge in [-0.05, 0) is 19.2 Å². The van der Waals surface area contributed by atoms with E-state index in [9.17, 15) is 24.5 Å². The summed E-state index contributed by atoms with van der Waals surface area (Å²) in [6.07, 6.45) is 1.35. The number of hydrogen-bond donors (Lipinski definition) is 1. The summed E-state index contributed by atoms with van der Waals surface area (Å²) in [5.74, 6) is -1.33. The average molecular weight is 400 g/mol. The molecule has 0 bridgehead atoms. The molecule has 29 heavy (non-hydrogen) atoms. The molecule has 1 N–H and O–H groups in total. The molecule has 1 heterocycles. The van der Waals surface area contributed by atoms with Gasteiger partial charge in [0, 0.05) is 43.0 Å². The van der Waals surface area contributed by atoms with Gasteiger partial charge in [-0.2, -0.15) is 0 Å². The number of amides is 1. The Morgan fingerprint density at radius 3 is 2.52 bits per heavy atom. The van der Waals surface area contributed by atoms with Gasteiger partial charge in [0.05, 0.1) is 4.92 Å². The summed E-state index contributed by atoms with van der Waals surface area (Å²) in [6.45, 7) is 6.55. The second kappa shape index (κ2) is 10.3. The number of non-ortho nitro benzene ring substituents is 1. The van der Waals surface area contributed by atoms with E-state index in [0.29, 0.717) is 13.1 Å². The zero-order valence-electron chi connectivity index (χ0n) is 16.4. The molecule has 9 heteroatoms. The van der Waals surface area contributed by atoms with Crippen molar-refractivity contribution in [3.8, 4) is 0 Å². The van der Waals surface area contributed by atoms with E-state index >= 15 is 0 Å². The highest BCUT2D eigenvalue weighted by atomic mass is 16.6. The van der Waals surface area contributed by atoms with Gasteiger partial charge in [0.2, 0.25) is 0 Å². The molecule has 0 saturated heterocycles. The van der Waals surface area contributed by atoms with Crippen molar-refractivity contribution in [2.75, 3.05) is 26.2 Å². The number of benzene rings is 1. The van der Waals surface area contributed by atoms with E-state index in [1.54, 1.807) is 0 Å². The fourth-order valence-electron chi connectivity index (χ4n) is 2.93. The van der Waals surface area contributed by atoms with Gasteiger partial charge in [-0.1, -0.05) is 32.0 Å². The molecule has 9 nitrogen and oxygen atoms in total. The molecule has 1 aromatic carbocycles. The van der Waals surface area contributed by atoms with Crippen LogP contribution in [0.2, 0.25) is 0 Å². The minimum absolute atomic E-state index is 0.0150. The third-order valence-corrected chi connectivity index (χ3v) is 4.59. The number of carbonyl (C=O) groups is 2. The standard InChI is InChI=1S/C20H24N4O5/c1-3-22(4-2)13-11-21-20(27)18(23-12-6-5-10-17(23)25)19(26)15-8-7-9-16(14-15)24(28)29/h5-10,12,14,18H,3-4,11,13H2,1-2H3,(H,21,27). The van der Waals surface area contributed by atoms with Crippen LogP contribution >= 0.6 is 0 Å². The van der Waals surface area contributed by atoms with Crippen LogP contribution in [-0.4, -0.2) is 52.3 Å². The minimum Gasteiger partial charge on any atom is -0.353 e. The van der Waals surface area contributed by atoms with E-state index in [-0.39, 0.29) is 11.3 Å². The van der Waals surface area contributed by atoms with Gasteiger partial charge < -0.3 is 10.2 Å².